The van der Waals surface area contributed by atoms with Crippen LogP contribution >= 0.6 is 0 Å². The van der Waals surface area contributed by atoms with E-state index in [1.165, 1.54) is 12.1 Å². The van der Waals surface area contributed by atoms with Gasteiger partial charge in [0, 0.05) is 13.0 Å². The summed E-state index contributed by atoms with van der Waals surface area (Å²) in [5.41, 5.74) is -0.292. The first-order chi connectivity index (χ1) is 10.7. The van der Waals surface area contributed by atoms with Crippen LogP contribution in [0.15, 0.2) is 36.9 Å². The summed E-state index contributed by atoms with van der Waals surface area (Å²) in [4.78, 5) is 22.6. The molecule has 1 aromatic rings. The van der Waals surface area contributed by atoms with Crippen LogP contribution in [0.25, 0.3) is 0 Å². The van der Waals surface area contributed by atoms with Gasteiger partial charge in [0.15, 0.2) is 0 Å². The number of halogens is 3. The zero-order valence-corrected chi connectivity index (χ0v) is 12.4. The first-order valence-corrected chi connectivity index (χ1v) is 7.00. The van der Waals surface area contributed by atoms with E-state index >= 15 is 0 Å². The zero-order chi connectivity index (χ0) is 17.5. The molecule has 23 heavy (non-hydrogen) atoms. The van der Waals surface area contributed by atoms with E-state index in [1.54, 1.807) is 6.07 Å². The van der Waals surface area contributed by atoms with E-state index in [9.17, 15) is 22.8 Å². The maximum Gasteiger partial charge on any atom is 0.416 e. The smallest absolute Gasteiger partial charge is 0.416 e. The maximum atomic E-state index is 12.6. The van der Waals surface area contributed by atoms with Crippen LogP contribution in [0.4, 0.5) is 13.2 Å². The minimum atomic E-state index is -4.40. The minimum Gasteiger partial charge on any atom is -0.481 e. The number of benzene rings is 1. The fourth-order valence-corrected chi connectivity index (χ4v) is 2.02. The molecule has 0 spiro atoms. The van der Waals surface area contributed by atoms with Gasteiger partial charge in [0.1, 0.15) is 0 Å². The van der Waals surface area contributed by atoms with Gasteiger partial charge in [-0.2, -0.15) is 13.2 Å². The molecule has 126 valence electrons. The van der Waals surface area contributed by atoms with Gasteiger partial charge in [-0.3, -0.25) is 9.59 Å². The van der Waals surface area contributed by atoms with Gasteiger partial charge in [-0.05, 0) is 24.5 Å². The van der Waals surface area contributed by atoms with Crippen molar-refractivity contribution in [3.63, 3.8) is 0 Å². The molecular weight excluding hydrogens is 311 g/mol. The average molecular weight is 329 g/mol. The third kappa shape index (κ3) is 6.54. The van der Waals surface area contributed by atoms with Gasteiger partial charge in [-0.15, -0.1) is 6.58 Å². The highest BCUT2D eigenvalue weighted by Crippen LogP contribution is 2.29. The van der Waals surface area contributed by atoms with Crippen LogP contribution in [0, 0.1) is 5.92 Å². The van der Waals surface area contributed by atoms with Crippen molar-refractivity contribution >= 4 is 11.9 Å². The van der Waals surface area contributed by atoms with E-state index in [0.717, 1.165) is 12.1 Å². The van der Waals surface area contributed by atoms with Gasteiger partial charge in [0.25, 0.3) is 0 Å². The number of carbonyl (C=O) groups excluding carboxylic acids is 1. The summed E-state index contributed by atoms with van der Waals surface area (Å²) < 4.78 is 37.7. The first-order valence-electron chi connectivity index (χ1n) is 7.00. The van der Waals surface area contributed by atoms with Crippen LogP contribution in [0.5, 0.6) is 0 Å². The first kappa shape index (κ1) is 18.7. The summed E-state index contributed by atoms with van der Waals surface area (Å²) in [6.07, 6.45) is -2.76. The highest BCUT2D eigenvalue weighted by molar-refractivity contribution is 5.82. The normalized spacial score (nSPS) is 12.5. The van der Waals surface area contributed by atoms with Gasteiger partial charge >= 0.3 is 12.1 Å². The molecule has 1 aromatic carbocycles. The summed E-state index contributed by atoms with van der Waals surface area (Å²) in [5.74, 6) is -2.38. The van der Waals surface area contributed by atoms with Crippen molar-refractivity contribution in [2.24, 2.45) is 5.92 Å². The molecule has 0 heterocycles. The molecule has 1 amide bonds. The Kier molecular flexibility index (Phi) is 6.81. The summed E-state index contributed by atoms with van der Waals surface area (Å²) >= 11 is 0. The second-order valence-corrected chi connectivity index (χ2v) is 5.06. The van der Waals surface area contributed by atoms with Gasteiger partial charge < -0.3 is 10.4 Å². The van der Waals surface area contributed by atoms with Crippen LogP contribution in [-0.4, -0.2) is 23.5 Å². The third-order valence-corrected chi connectivity index (χ3v) is 3.22. The lowest BCUT2D eigenvalue weighted by atomic mass is 10.0. The Morgan fingerprint density at radius 3 is 2.61 bits per heavy atom. The van der Waals surface area contributed by atoms with Crippen molar-refractivity contribution in [1.29, 1.82) is 0 Å². The Bertz CT molecular complexity index is 570. The van der Waals surface area contributed by atoms with E-state index in [-0.39, 0.29) is 25.8 Å². The van der Waals surface area contributed by atoms with Crippen molar-refractivity contribution < 1.29 is 27.9 Å². The van der Waals surface area contributed by atoms with E-state index in [1.807, 2.05) is 0 Å². The molecule has 1 rings (SSSR count). The second kappa shape index (κ2) is 8.36. The number of hydrogen-bond acceptors (Lipinski definition) is 2. The molecule has 0 fully saturated rings. The number of nitrogens with one attached hydrogen (secondary N) is 1. The quantitative estimate of drug-likeness (QED) is 0.721. The molecule has 7 heteroatoms. The molecule has 2 N–H and O–H groups in total. The van der Waals surface area contributed by atoms with E-state index < -0.39 is 29.5 Å². The summed E-state index contributed by atoms with van der Waals surface area (Å²) in [7, 11) is 0. The topological polar surface area (TPSA) is 66.4 Å². The molecule has 0 bridgehead atoms. The number of carbonyl (C=O) groups is 2. The molecule has 1 atom stereocenters. The summed E-state index contributed by atoms with van der Waals surface area (Å²) in [6.45, 7) is 3.57. The molecule has 0 aliphatic carbocycles. The van der Waals surface area contributed by atoms with Gasteiger partial charge in [0.2, 0.25) is 5.91 Å². The number of carboxylic acid groups (broad SMARTS) is 1. The lowest BCUT2D eigenvalue weighted by molar-refractivity contribution is -0.143. The number of hydrogen-bond donors (Lipinski definition) is 2. The molecule has 0 saturated carbocycles. The van der Waals surface area contributed by atoms with E-state index in [2.05, 4.69) is 11.9 Å². The SMILES string of the molecule is C=CCC(CC(=O)NCCc1cccc(C(F)(F)F)c1)C(=O)O. The predicted octanol–water partition coefficient (Wildman–Crippen LogP) is 3.03. The Hall–Kier alpha value is -2.31. The highest BCUT2D eigenvalue weighted by Gasteiger charge is 2.30. The zero-order valence-electron chi connectivity index (χ0n) is 12.4. The summed E-state index contributed by atoms with van der Waals surface area (Å²) in [6, 6.07) is 4.86. The van der Waals surface area contributed by atoms with Crippen molar-refractivity contribution in [2.45, 2.75) is 25.4 Å². The van der Waals surface area contributed by atoms with Crippen molar-refractivity contribution in [3.05, 3.63) is 48.0 Å². The van der Waals surface area contributed by atoms with E-state index in [0.29, 0.717) is 5.56 Å². The average Bonchev–Trinajstić information content (AvgIpc) is 2.46. The Morgan fingerprint density at radius 1 is 1.35 bits per heavy atom. The monoisotopic (exact) mass is 329 g/mol. The van der Waals surface area contributed by atoms with Gasteiger partial charge in [0.05, 0.1) is 11.5 Å². The van der Waals surface area contributed by atoms with Crippen molar-refractivity contribution in [3.8, 4) is 0 Å². The van der Waals surface area contributed by atoms with Crippen LogP contribution in [0.2, 0.25) is 0 Å². The molecular formula is C16H18F3NO3. The minimum absolute atomic E-state index is 0.139. The lowest BCUT2D eigenvalue weighted by Crippen LogP contribution is -2.29. The molecule has 0 saturated heterocycles. The van der Waals surface area contributed by atoms with Crippen LogP contribution in [-0.2, 0) is 22.2 Å². The van der Waals surface area contributed by atoms with Gasteiger partial charge in [-0.25, -0.2) is 0 Å². The largest absolute Gasteiger partial charge is 0.481 e. The molecule has 1 unspecified atom stereocenters. The van der Waals surface area contributed by atoms with E-state index in [4.69, 9.17) is 5.11 Å². The lowest BCUT2D eigenvalue weighted by Gasteiger charge is -2.11. The molecule has 4 nitrogen and oxygen atoms in total. The maximum absolute atomic E-state index is 12.6. The van der Waals surface area contributed by atoms with Crippen molar-refractivity contribution in [1.82, 2.24) is 5.32 Å². The van der Waals surface area contributed by atoms with Crippen LogP contribution in [0.3, 0.4) is 0 Å². The third-order valence-electron chi connectivity index (χ3n) is 3.22. The number of allylic oxidation sites excluding steroid dienone is 1. The molecule has 0 aromatic heterocycles. The molecule has 0 radical (unpaired) electrons. The second-order valence-electron chi connectivity index (χ2n) is 5.06. The number of rotatable bonds is 8. The standard InChI is InChI=1S/C16H18F3NO3/c1-2-4-12(15(22)23)10-14(21)20-8-7-11-5-3-6-13(9-11)16(17,18)19/h2-3,5-6,9,12H,1,4,7-8,10H2,(H,20,21)(H,22,23). The Labute approximate surface area is 132 Å². The molecule has 0 aliphatic rings. The number of aliphatic carboxylic acids is 1. The number of amides is 1. The van der Waals surface area contributed by atoms with Crippen molar-refractivity contribution in [2.75, 3.05) is 6.54 Å². The number of alkyl halides is 3. The molecule has 0 aliphatic heterocycles. The highest BCUT2D eigenvalue weighted by atomic mass is 19.4. The summed E-state index contributed by atoms with van der Waals surface area (Å²) in [5, 5.41) is 11.4. The number of carboxylic acids is 1. The Morgan fingerprint density at radius 2 is 2.04 bits per heavy atom. The van der Waals surface area contributed by atoms with Crippen LogP contribution < -0.4 is 5.32 Å². The fourth-order valence-electron chi connectivity index (χ4n) is 2.02. The predicted molar refractivity (Wildman–Crippen MR) is 78.7 cm³/mol. The Balaban J connectivity index is 2.49. The van der Waals surface area contributed by atoms with Gasteiger partial charge in [-0.1, -0.05) is 24.3 Å². The fraction of sp³-hybridized carbons (Fsp3) is 0.375. The van der Waals surface area contributed by atoms with Crippen LogP contribution in [0.1, 0.15) is 24.0 Å².